The minimum atomic E-state index is 0.502. The van der Waals surface area contributed by atoms with Crippen LogP contribution in [0.4, 0.5) is 0 Å². The van der Waals surface area contributed by atoms with Crippen molar-refractivity contribution < 1.29 is 0 Å². The van der Waals surface area contributed by atoms with Gasteiger partial charge in [0, 0.05) is 9.50 Å². The number of fused-ring (bicyclic) bond motifs is 2. The average Bonchev–Trinajstić information content (AvgIpc) is 2.67. The Morgan fingerprint density at radius 2 is 2.12 bits per heavy atom. The van der Waals surface area contributed by atoms with Crippen LogP contribution in [0, 0.1) is 5.92 Å². The number of halogens is 1. The lowest BCUT2D eigenvalue weighted by Crippen LogP contribution is -2.28. The average molecular weight is 450 g/mol. The van der Waals surface area contributed by atoms with Crippen LogP contribution in [-0.4, -0.2) is 0 Å². The molecule has 130 valence electrons. The predicted molar refractivity (Wildman–Crippen MR) is 122 cm³/mol. The quantitative estimate of drug-likeness (QED) is 0.519. The summed E-state index contributed by atoms with van der Waals surface area (Å²) in [7, 11) is 0. The summed E-state index contributed by atoms with van der Waals surface area (Å²) in [6.07, 6.45) is 23.8. The first-order valence-electron chi connectivity index (χ1n) is 9.27. The van der Waals surface area contributed by atoms with Gasteiger partial charge in [-0.05, 0) is 99.2 Å². The minimum absolute atomic E-state index is 0.502. The van der Waals surface area contributed by atoms with Crippen LogP contribution in [0.25, 0.3) is 18.7 Å². The first-order chi connectivity index (χ1) is 12.7. The molecule has 0 aliphatic heterocycles. The Kier molecular flexibility index (Phi) is 4.99. The van der Waals surface area contributed by atoms with Gasteiger partial charge in [-0.2, -0.15) is 0 Å². The van der Waals surface area contributed by atoms with E-state index in [-0.39, 0.29) is 0 Å². The van der Waals surface area contributed by atoms with Gasteiger partial charge in [-0.3, -0.25) is 0 Å². The Balaban J connectivity index is 1.72. The van der Waals surface area contributed by atoms with Crippen molar-refractivity contribution in [1.29, 1.82) is 0 Å². The van der Waals surface area contributed by atoms with Crippen molar-refractivity contribution in [3.63, 3.8) is 0 Å². The van der Waals surface area contributed by atoms with Crippen LogP contribution in [0.5, 0.6) is 0 Å². The van der Waals surface area contributed by atoms with E-state index in [1.165, 1.54) is 36.6 Å². The Hall–Kier alpha value is -1.87. The highest BCUT2D eigenvalue weighted by molar-refractivity contribution is 14.1. The summed E-state index contributed by atoms with van der Waals surface area (Å²) in [5, 5.41) is 2.38. The zero-order valence-electron chi connectivity index (χ0n) is 15.1. The highest BCUT2D eigenvalue weighted by atomic mass is 127. The Morgan fingerprint density at radius 1 is 1.23 bits per heavy atom. The molecule has 0 amide bonds. The maximum Gasteiger partial charge on any atom is 0.0130 e. The van der Waals surface area contributed by atoms with Crippen LogP contribution >= 0.6 is 22.6 Å². The smallest absolute Gasteiger partial charge is 0.0130 e. The van der Waals surface area contributed by atoms with Crippen molar-refractivity contribution in [2.75, 3.05) is 0 Å². The molecule has 0 radical (unpaired) electrons. The van der Waals surface area contributed by atoms with Gasteiger partial charge in [-0.25, -0.2) is 0 Å². The van der Waals surface area contributed by atoms with E-state index in [1.54, 1.807) is 0 Å². The predicted octanol–water partition coefficient (Wildman–Crippen LogP) is 5.54. The molecule has 26 heavy (non-hydrogen) atoms. The number of benzene rings is 1. The van der Waals surface area contributed by atoms with Crippen molar-refractivity contribution in [3.8, 4) is 0 Å². The molecule has 0 nitrogen and oxygen atoms in total. The summed E-state index contributed by atoms with van der Waals surface area (Å²) in [6, 6.07) is 4.51. The fourth-order valence-corrected chi connectivity index (χ4v) is 4.53. The van der Waals surface area contributed by atoms with Gasteiger partial charge in [0.25, 0.3) is 0 Å². The molecule has 0 saturated heterocycles. The monoisotopic (exact) mass is 450 g/mol. The Morgan fingerprint density at radius 3 is 2.96 bits per heavy atom. The molecule has 0 bridgehead atoms. The summed E-state index contributed by atoms with van der Waals surface area (Å²) < 4.78 is 1.31. The molecule has 1 aromatic carbocycles. The van der Waals surface area contributed by atoms with Crippen molar-refractivity contribution in [1.82, 2.24) is 0 Å². The summed E-state index contributed by atoms with van der Waals surface area (Å²) in [5.41, 5.74) is 6.88. The fourth-order valence-electron chi connectivity index (χ4n) is 3.97. The van der Waals surface area contributed by atoms with Gasteiger partial charge >= 0.3 is 0 Å². The van der Waals surface area contributed by atoms with Crippen molar-refractivity contribution in [3.05, 3.63) is 96.5 Å². The van der Waals surface area contributed by atoms with Crippen molar-refractivity contribution in [2.45, 2.75) is 26.2 Å². The number of aryl methyl sites for hydroxylation is 1. The molecule has 1 heteroatoms. The lowest BCUT2D eigenvalue weighted by atomic mass is 9.82. The van der Waals surface area contributed by atoms with Gasteiger partial charge in [-0.15, -0.1) is 0 Å². The van der Waals surface area contributed by atoms with E-state index < -0.39 is 0 Å². The van der Waals surface area contributed by atoms with Crippen molar-refractivity contribution in [2.24, 2.45) is 5.92 Å². The van der Waals surface area contributed by atoms with Gasteiger partial charge < -0.3 is 0 Å². The minimum Gasteiger partial charge on any atom is -0.0905 e. The van der Waals surface area contributed by atoms with E-state index in [9.17, 15) is 0 Å². The molecule has 0 saturated carbocycles. The highest BCUT2D eigenvalue weighted by Crippen LogP contribution is 2.35. The summed E-state index contributed by atoms with van der Waals surface area (Å²) in [6.45, 7) is 6.51. The van der Waals surface area contributed by atoms with Gasteiger partial charge in [0.2, 0.25) is 0 Å². The molecule has 3 aliphatic rings. The topological polar surface area (TPSA) is 0 Å². The molecule has 1 unspecified atom stereocenters. The molecule has 0 heterocycles. The maximum absolute atomic E-state index is 4.38. The lowest BCUT2D eigenvalue weighted by molar-refractivity contribution is 0.754. The Labute approximate surface area is 169 Å². The molecule has 1 aromatic rings. The second-order valence-corrected chi connectivity index (χ2v) is 8.34. The van der Waals surface area contributed by atoms with E-state index in [4.69, 9.17) is 0 Å². The largest absolute Gasteiger partial charge is 0.0905 e. The number of allylic oxidation sites excluding steroid dienone is 11. The van der Waals surface area contributed by atoms with Gasteiger partial charge in [-0.1, -0.05) is 61.2 Å². The van der Waals surface area contributed by atoms with Crippen LogP contribution < -0.4 is 10.4 Å². The number of rotatable bonds is 2. The van der Waals surface area contributed by atoms with Crippen LogP contribution in [0.2, 0.25) is 0 Å². The molecule has 0 aromatic heterocycles. The summed E-state index contributed by atoms with van der Waals surface area (Å²) in [5.74, 6) is 0.502. The molecule has 0 fully saturated rings. The third-order valence-corrected chi connectivity index (χ3v) is 6.15. The van der Waals surface area contributed by atoms with Crippen LogP contribution in [-0.2, 0) is 6.42 Å². The van der Waals surface area contributed by atoms with E-state index in [0.29, 0.717) is 5.92 Å². The second-order valence-electron chi connectivity index (χ2n) is 7.09. The fraction of sp³-hybridized carbons (Fsp3) is 0.200. The summed E-state index contributed by atoms with van der Waals surface area (Å²) in [4.78, 5) is 0. The molecule has 4 rings (SSSR count). The third kappa shape index (κ3) is 3.37. The first-order valence-corrected chi connectivity index (χ1v) is 10.4. The SMILES string of the molecule is C=c1c2c(cc/c1=C/C(=C\C)C1=CC=C3C=C(I)C=CC3C1)CCC=C2. The van der Waals surface area contributed by atoms with Gasteiger partial charge in [0.05, 0.1) is 0 Å². The number of hydrogen-bond donors (Lipinski definition) is 0. The molecular weight excluding hydrogens is 427 g/mol. The zero-order chi connectivity index (χ0) is 18.1. The standard InChI is InChI=1S/C25H23I/c1-3-18(21-10-11-23-16-24(26)13-12-22(23)15-21)14-20-9-8-19-6-4-5-7-25(19)17(20)2/h3,5,7-14,16,22H,2,4,6,15H2,1H3/b18-3+,20-14-. The zero-order valence-corrected chi connectivity index (χ0v) is 17.3. The molecule has 3 aliphatic carbocycles. The van der Waals surface area contributed by atoms with E-state index in [1.807, 2.05) is 0 Å². The van der Waals surface area contributed by atoms with Crippen LogP contribution in [0.15, 0.2) is 75.0 Å². The Bertz CT molecular complexity index is 1040. The number of hydrogen-bond acceptors (Lipinski definition) is 0. The molecule has 0 spiro atoms. The van der Waals surface area contributed by atoms with Gasteiger partial charge in [0.15, 0.2) is 0 Å². The maximum atomic E-state index is 4.38. The first kappa shape index (κ1) is 17.5. The lowest BCUT2D eigenvalue weighted by Gasteiger charge is -2.24. The van der Waals surface area contributed by atoms with E-state index in [2.05, 4.69) is 103 Å². The molecule has 1 atom stereocenters. The summed E-state index contributed by atoms with van der Waals surface area (Å²) >= 11 is 2.39. The van der Waals surface area contributed by atoms with E-state index >= 15 is 0 Å². The normalized spacial score (nSPS) is 22.4. The molecular formula is C25H23I. The van der Waals surface area contributed by atoms with Crippen LogP contribution in [0.1, 0.15) is 30.9 Å². The van der Waals surface area contributed by atoms with Crippen molar-refractivity contribution >= 4 is 41.3 Å². The van der Waals surface area contributed by atoms with Crippen LogP contribution in [0.3, 0.4) is 0 Å². The van der Waals surface area contributed by atoms with E-state index in [0.717, 1.165) is 24.5 Å². The second kappa shape index (κ2) is 7.40. The highest BCUT2D eigenvalue weighted by Gasteiger charge is 2.19. The van der Waals surface area contributed by atoms with Gasteiger partial charge in [0.1, 0.15) is 0 Å². The molecule has 0 N–H and O–H groups in total. The third-order valence-electron chi connectivity index (χ3n) is 5.48.